The van der Waals surface area contributed by atoms with Gasteiger partial charge in [-0.05, 0) is 44.3 Å². The second kappa shape index (κ2) is 11.5. The molecule has 146 valence electrons. The Morgan fingerprint density at radius 1 is 1.12 bits per heavy atom. The van der Waals surface area contributed by atoms with Crippen molar-refractivity contribution in [3.63, 3.8) is 0 Å². The summed E-state index contributed by atoms with van der Waals surface area (Å²) in [6.07, 6.45) is 0.852. The van der Waals surface area contributed by atoms with Crippen molar-refractivity contribution in [2.24, 2.45) is 5.92 Å². The van der Waals surface area contributed by atoms with Crippen LogP contribution in [0.15, 0.2) is 24.3 Å². The van der Waals surface area contributed by atoms with Gasteiger partial charge in [0.25, 0.3) is 5.91 Å². The van der Waals surface area contributed by atoms with Crippen molar-refractivity contribution < 1.29 is 19.1 Å². The number of nitrogens with zero attached hydrogens (tertiary/aromatic N) is 2. The number of rotatable bonds is 11. The molecule has 0 N–H and O–H groups in total. The van der Waals surface area contributed by atoms with Crippen LogP contribution in [-0.2, 0) is 9.53 Å². The van der Waals surface area contributed by atoms with E-state index < -0.39 is 0 Å². The Bertz CT molecular complexity index is 573. The Morgan fingerprint density at radius 2 is 1.81 bits per heavy atom. The summed E-state index contributed by atoms with van der Waals surface area (Å²) in [5.74, 6) is -0.139. The molecule has 1 atom stereocenters. The minimum absolute atomic E-state index is 0.0980. The Hall–Kier alpha value is -2.08. The van der Waals surface area contributed by atoms with Crippen LogP contribution in [0.1, 0.15) is 37.6 Å². The molecular weight excluding hydrogens is 332 g/mol. The summed E-state index contributed by atoms with van der Waals surface area (Å²) in [5.41, 5.74) is 0.559. The van der Waals surface area contributed by atoms with Gasteiger partial charge >= 0.3 is 5.97 Å². The van der Waals surface area contributed by atoms with Gasteiger partial charge in [0.05, 0.1) is 20.1 Å². The quantitative estimate of drug-likeness (QED) is 0.565. The first kappa shape index (κ1) is 22.0. The van der Waals surface area contributed by atoms with Gasteiger partial charge in [-0.3, -0.25) is 9.59 Å². The molecule has 1 rings (SSSR count). The summed E-state index contributed by atoms with van der Waals surface area (Å²) in [4.78, 5) is 28.8. The summed E-state index contributed by atoms with van der Waals surface area (Å²) in [7, 11) is 2.94. The summed E-state index contributed by atoms with van der Waals surface area (Å²) in [6.45, 7) is 9.85. The zero-order valence-electron chi connectivity index (χ0n) is 16.7. The fourth-order valence-corrected chi connectivity index (χ4v) is 2.85. The van der Waals surface area contributed by atoms with Crippen molar-refractivity contribution in [3.8, 4) is 5.75 Å². The van der Waals surface area contributed by atoms with Gasteiger partial charge in [0.15, 0.2) is 0 Å². The zero-order valence-corrected chi connectivity index (χ0v) is 16.7. The van der Waals surface area contributed by atoms with E-state index in [2.05, 4.69) is 18.7 Å². The van der Waals surface area contributed by atoms with Gasteiger partial charge in [0.2, 0.25) is 0 Å². The molecule has 0 aromatic heterocycles. The molecule has 1 aromatic rings. The van der Waals surface area contributed by atoms with Gasteiger partial charge in [0.1, 0.15) is 5.75 Å². The van der Waals surface area contributed by atoms with Crippen LogP contribution in [0.5, 0.6) is 5.75 Å². The number of benzene rings is 1. The maximum Gasteiger partial charge on any atom is 0.310 e. The first-order chi connectivity index (χ1) is 12.5. The molecular formula is C20H32N2O4. The van der Waals surface area contributed by atoms with Crippen molar-refractivity contribution in [1.82, 2.24) is 9.80 Å². The fraction of sp³-hybridized carbons (Fsp3) is 0.600. The number of ether oxygens (including phenoxy) is 2. The van der Waals surface area contributed by atoms with Crippen LogP contribution in [0.2, 0.25) is 0 Å². The second-order valence-corrected chi connectivity index (χ2v) is 6.29. The van der Waals surface area contributed by atoms with Gasteiger partial charge in [-0.1, -0.05) is 26.8 Å². The normalized spacial score (nSPS) is 11.9. The van der Waals surface area contributed by atoms with Gasteiger partial charge in [-0.25, -0.2) is 0 Å². The molecule has 1 unspecified atom stereocenters. The topological polar surface area (TPSA) is 59.1 Å². The SMILES string of the molecule is CCN(CC)CCCN(CC(C)C(=O)OC)C(=O)c1cccc(OC)c1. The first-order valence-corrected chi connectivity index (χ1v) is 9.20. The Balaban J connectivity index is 2.87. The summed E-state index contributed by atoms with van der Waals surface area (Å²) in [6, 6.07) is 7.09. The highest BCUT2D eigenvalue weighted by atomic mass is 16.5. The third kappa shape index (κ3) is 6.67. The van der Waals surface area contributed by atoms with Gasteiger partial charge in [-0.2, -0.15) is 0 Å². The molecule has 0 spiro atoms. The van der Waals surface area contributed by atoms with Crippen LogP contribution in [0, 0.1) is 5.92 Å². The average Bonchev–Trinajstić information content (AvgIpc) is 2.68. The van der Waals surface area contributed by atoms with Crippen LogP contribution < -0.4 is 4.74 Å². The first-order valence-electron chi connectivity index (χ1n) is 9.20. The highest BCUT2D eigenvalue weighted by molar-refractivity contribution is 5.94. The monoisotopic (exact) mass is 364 g/mol. The molecule has 0 heterocycles. The number of esters is 1. The predicted molar refractivity (Wildman–Crippen MR) is 102 cm³/mol. The third-order valence-electron chi connectivity index (χ3n) is 4.50. The molecule has 0 aliphatic rings. The lowest BCUT2D eigenvalue weighted by Crippen LogP contribution is -2.39. The van der Waals surface area contributed by atoms with Gasteiger partial charge < -0.3 is 19.3 Å². The van der Waals surface area contributed by atoms with E-state index in [9.17, 15) is 9.59 Å². The molecule has 1 amide bonds. The summed E-state index contributed by atoms with van der Waals surface area (Å²) >= 11 is 0. The van der Waals surface area contributed by atoms with Crippen molar-refractivity contribution in [2.75, 3.05) is 46.9 Å². The van der Waals surface area contributed by atoms with Crippen molar-refractivity contribution in [3.05, 3.63) is 29.8 Å². The van der Waals surface area contributed by atoms with Gasteiger partial charge in [0, 0.05) is 18.7 Å². The highest BCUT2D eigenvalue weighted by Gasteiger charge is 2.22. The molecule has 0 fully saturated rings. The number of hydrogen-bond donors (Lipinski definition) is 0. The fourth-order valence-electron chi connectivity index (χ4n) is 2.85. The molecule has 0 aliphatic heterocycles. The van der Waals surface area contributed by atoms with E-state index >= 15 is 0 Å². The molecule has 0 bridgehead atoms. The minimum atomic E-state index is -0.372. The van der Waals surface area contributed by atoms with E-state index in [4.69, 9.17) is 9.47 Å². The molecule has 0 radical (unpaired) electrons. The average molecular weight is 364 g/mol. The number of methoxy groups -OCH3 is 2. The van der Waals surface area contributed by atoms with E-state index in [0.717, 1.165) is 26.1 Å². The number of amides is 1. The number of carbonyl (C=O) groups excluding carboxylic acids is 2. The van der Waals surface area contributed by atoms with Crippen LogP contribution in [-0.4, -0.2) is 68.6 Å². The molecule has 0 saturated heterocycles. The van der Waals surface area contributed by atoms with Crippen molar-refractivity contribution in [2.45, 2.75) is 27.2 Å². The smallest absolute Gasteiger partial charge is 0.310 e. The highest BCUT2D eigenvalue weighted by Crippen LogP contribution is 2.16. The largest absolute Gasteiger partial charge is 0.497 e. The number of hydrogen-bond acceptors (Lipinski definition) is 5. The lowest BCUT2D eigenvalue weighted by Gasteiger charge is -2.27. The molecule has 6 heteroatoms. The van der Waals surface area contributed by atoms with Crippen LogP contribution in [0.3, 0.4) is 0 Å². The third-order valence-corrected chi connectivity index (χ3v) is 4.50. The van der Waals surface area contributed by atoms with Crippen LogP contribution >= 0.6 is 0 Å². The molecule has 6 nitrogen and oxygen atoms in total. The van der Waals surface area contributed by atoms with E-state index in [0.29, 0.717) is 24.4 Å². The van der Waals surface area contributed by atoms with E-state index in [1.807, 2.05) is 0 Å². The lowest BCUT2D eigenvalue weighted by atomic mass is 10.1. The summed E-state index contributed by atoms with van der Waals surface area (Å²) < 4.78 is 10.0. The molecule has 0 saturated carbocycles. The van der Waals surface area contributed by atoms with E-state index in [-0.39, 0.29) is 17.8 Å². The van der Waals surface area contributed by atoms with E-state index in [1.54, 1.807) is 43.2 Å². The zero-order chi connectivity index (χ0) is 19.5. The van der Waals surface area contributed by atoms with Crippen molar-refractivity contribution in [1.29, 1.82) is 0 Å². The lowest BCUT2D eigenvalue weighted by molar-refractivity contribution is -0.145. The van der Waals surface area contributed by atoms with E-state index in [1.165, 1.54) is 7.11 Å². The molecule has 0 aliphatic carbocycles. The van der Waals surface area contributed by atoms with Crippen LogP contribution in [0.25, 0.3) is 0 Å². The van der Waals surface area contributed by atoms with Gasteiger partial charge in [-0.15, -0.1) is 0 Å². The van der Waals surface area contributed by atoms with Crippen molar-refractivity contribution >= 4 is 11.9 Å². The number of carbonyl (C=O) groups is 2. The Morgan fingerprint density at radius 3 is 2.38 bits per heavy atom. The second-order valence-electron chi connectivity index (χ2n) is 6.29. The maximum atomic E-state index is 13.0. The predicted octanol–water partition coefficient (Wildman–Crippen LogP) is 2.68. The Kier molecular flexibility index (Phi) is 9.73. The standard InChI is InChI=1S/C20H32N2O4/c1-6-21(7-2)12-9-13-22(15-16(3)20(24)26-5)19(23)17-10-8-11-18(14-17)25-4/h8,10-11,14,16H,6-7,9,12-13,15H2,1-5H3. The molecule has 26 heavy (non-hydrogen) atoms. The van der Waals surface area contributed by atoms with Crippen LogP contribution in [0.4, 0.5) is 0 Å². The summed E-state index contributed by atoms with van der Waals surface area (Å²) in [5, 5.41) is 0. The molecule has 1 aromatic carbocycles. The minimum Gasteiger partial charge on any atom is -0.497 e. The maximum absolute atomic E-state index is 13.0. The Labute approximate surface area is 157 Å².